The minimum Gasteiger partial charge on any atom is -0.203 e. The molecule has 0 nitrogen and oxygen atoms in total. The van der Waals surface area contributed by atoms with Gasteiger partial charge in [0, 0.05) is 8.95 Å². The molecule has 0 amide bonds. The maximum Gasteiger partial charge on any atom is 0.420 e. The molecular formula is C7Br3F5. The van der Waals surface area contributed by atoms with Gasteiger partial charge in [-0.3, -0.25) is 0 Å². The molecule has 8 heteroatoms. The fraction of sp³-hybridized carbons (Fsp3) is 0.143. The normalized spacial score (nSPS) is 12.0. The second-order valence-corrected chi connectivity index (χ2v) is 4.82. The lowest BCUT2D eigenvalue weighted by atomic mass is 10.2. The highest BCUT2D eigenvalue weighted by molar-refractivity contribution is 9.14. The van der Waals surface area contributed by atoms with E-state index in [0.717, 1.165) is 0 Å². The second kappa shape index (κ2) is 4.29. The Morgan fingerprint density at radius 3 is 1.60 bits per heavy atom. The molecule has 0 heterocycles. The Balaban J connectivity index is 3.68. The zero-order valence-electron chi connectivity index (χ0n) is 6.52. The third kappa shape index (κ3) is 2.36. The monoisotopic (exact) mass is 416 g/mol. The zero-order valence-corrected chi connectivity index (χ0v) is 11.3. The Morgan fingerprint density at radius 1 is 0.733 bits per heavy atom. The van der Waals surface area contributed by atoms with Crippen LogP contribution in [0, 0.1) is 11.6 Å². The third-order valence-electron chi connectivity index (χ3n) is 1.49. The van der Waals surface area contributed by atoms with Crippen LogP contribution in [0.4, 0.5) is 22.0 Å². The molecule has 0 fully saturated rings. The zero-order chi connectivity index (χ0) is 12.0. The standard InChI is InChI=1S/C7Br3F5/c8-2-1(7(13,14)15)5(11)6(12)4(10)3(2)9. The van der Waals surface area contributed by atoms with Gasteiger partial charge in [0.05, 0.1) is 4.47 Å². The number of rotatable bonds is 0. The second-order valence-electron chi connectivity index (χ2n) is 2.44. The quantitative estimate of drug-likeness (QED) is 0.306. The van der Waals surface area contributed by atoms with Crippen LogP contribution in [0.5, 0.6) is 0 Å². The van der Waals surface area contributed by atoms with Gasteiger partial charge in [-0.05, 0) is 47.8 Å². The SMILES string of the molecule is Fc1c(F)c(C(F)(F)F)c(Br)c(Br)c1Br. The number of hydrogen-bond donors (Lipinski definition) is 0. The summed E-state index contributed by atoms with van der Waals surface area (Å²) in [7, 11) is 0. The molecule has 0 unspecified atom stereocenters. The van der Waals surface area contributed by atoms with Crippen LogP contribution in [0.25, 0.3) is 0 Å². The van der Waals surface area contributed by atoms with Crippen molar-refractivity contribution < 1.29 is 22.0 Å². The Kier molecular flexibility index (Phi) is 3.83. The van der Waals surface area contributed by atoms with E-state index in [1.165, 1.54) is 0 Å². The van der Waals surface area contributed by atoms with Gasteiger partial charge in [0.25, 0.3) is 0 Å². The van der Waals surface area contributed by atoms with Crippen molar-refractivity contribution in [1.29, 1.82) is 0 Å². The summed E-state index contributed by atoms with van der Waals surface area (Å²) in [6.45, 7) is 0. The van der Waals surface area contributed by atoms with Crippen LogP contribution in [0.2, 0.25) is 0 Å². The molecule has 15 heavy (non-hydrogen) atoms. The minimum atomic E-state index is -4.97. The van der Waals surface area contributed by atoms with Gasteiger partial charge < -0.3 is 0 Å². The summed E-state index contributed by atoms with van der Waals surface area (Å²) in [4.78, 5) is 0. The van der Waals surface area contributed by atoms with E-state index in [4.69, 9.17) is 0 Å². The van der Waals surface area contributed by atoms with Crippen LogP contribution in [-0.2, 0) is 6.18 Å². The van der Waals surface area contributed by atoms with Crippen LogP contribution >= 0.6 is 47.8 Å². The van der Waals surface area contributed by atoms with Gasteiger partial charge in [-0.15, -0.1) is 0 Å². The van der Waals surface area contributed by atoms with E-state index >= 15 is 0 Å². The lowest BCUT2D eigenvalue weighted by Crippen LogP contribution is -2.12. The van der Waals surface area contributed by atoms with Crippen LogP contribution in [0.3, 0.4) is 0 Å². The third-order valence-corrected chi connectivity index (χ3v) is 4.89. The van der Waals surface area contributed by atoms with Crippen molar-refractivity contribution in [2.24, 2.45) is 0 Å². The van der Waals surface area contributed by atoms with E-state index in [-0.39, 0.29) is 4.47 Å². The van der Waals surface area contributed by atoms with Gasteiger partial charge in [-0.1, -0.05) is 0 Å². The first-order valence-corrected chi connectivity index (χ1v) is 5.64. The Morgan fingerprint density at radius 2 is 1.20 bits per heavy atom. The minimum absolute atomic E-state index is 0.228. The van der Waals surface area contributed by atoms with E-state index in [9.17, 15) is 22.0 Å². The largest absolute Gasteiger partial charge is 0.420 e. The summed E-state index contributed by atoms with van der Waals surface area (Å²) in [5.41, 5.74) is -1.67. The van der Waals surface area contributed by atoms with Gasteiger partial charge in [0.15, 0.2) is 11.6 Å². The van der Waals surface area contributed by atoms with E-state index in [1.807, 2.05) is 0 Å². The highest BCUT2D eigenvalue weighted by Crippen LogP contribution is 2.44. The van der Waals surface area contributed by atoms with Crippen LogP contribution < -0.4 is 0 Å². The molecule has 0 aliphatic heterocycles. The Hall–Kier alpha value is 0.310. The maximum absolute atomic E-state index is 13.0. The molecule has 0 bridgehead atoms. The lowest BCUT2D eigenvalue weighted by molar-refractivity contribution is -0.141. The first-order chi connectivity index (χ1) is 6.68. The van der Waals surface area contributed by atoms with Crippen molar-refractivity contribution in [3.63, 3.8) is 0 Å². The summed E-state index contributed by atoms with van der Waals surface area (Å²) in [6.07, 6.45) is -4.97. The molecule has 1 rings (SSSR count). The van der Waals surface area contributed by atoms with Crippen molar-refractivity contribution in [2.45, 2.75) is 6.18 Å². The molecule has 0 N–H and O–H groups in total. The molecule has 0 saturated carbocycles. The number of hydrogen-bond acceptors (Lipinski definition) is 0. The molecule has 0 spiro atoms. The summed E-state index contributed by atoms with van der Waals surface area (Å²) in [6, 6.07) is 0. The predicted octanol–water partition coefficient (Wildman–Crippen LogP) is 5.27. The topological polar surface area (TPSA) is 0 Å². The van der Waals surface area contributed by atoms with Crippen molar-refractivity contribution >= 4 is 47.8 Å². The summed E-state index contributed by atoms with van der Waals surface area (Å²) in [5, 5.41) is 0. The first kappa shape index (κ1) is 13.4. The smallest absolute Gasteiger partial charge is 0.203 e. The number of halogens is 8. The molecule has 0 aromatic heterocycles. The molecular weight excluding hydrogens is 419 g/mol. The van der Waals surface area contributed by atoms with Gasteiger partial charge >= 0.3 is 6.18 Å². The van der Waals surface area contributed by atoms with Crippen LogP contribution in [0.15, 0.2) is 13.4 Å². The van der Waals surface area contributed by atoms with Gasteiger partial charge in [0.1, 0.15) is 5.56 Å². The first-order valence-electron chi connectivity index (χ1n) is 3.26. The Bertz CT molecular complexity index is 383. The van der Waals surface area contributed by atoms with E-state index in [1.54, 1.807) is 0 Å². The summed E-state index contributed by atoms with van der Waals surface area (Å²) < 4.78 is 61.8. The molecule has 1 aromatic carbocycles. The average Bonchev–Trinajstić information content (AvgIpc) is 2.09. The van der Waals surface area contributed by atoms with Gasteiger partial charge in [0.2, 0.25) is 0 Å². The molecule has 0 saturated heterocycles. The number of benzene rings is 1. The fourth-order valence-electron chi connectivity index (χ4n) is 0.854. The van der Waals surface area contributed by atoms with Crippen molar-refractivity contribution in [3.8, 4) is 0 Å². The lowest BCUT2D eigenvalue weighted by Gasteiger charge is -2.13. The van der Waals surface area contributed by atoms with Crippen molar-refractivity contribution in [1.82, 2.24) is 0 Å². The molecule has 1 aromatic rings. The van der Waals surface area contributed by atoms with E-state index < -0.39 is 32.3 Å². The van der Waals surface area contributed by atoms with Crippen molar-refractivity contribution in [3.05, 3.63) is 30.6 Å². The van der Waals surface area contributed by atoms with Gasteiger partial charge in [-0.25, -0.2) is 8.78 Å². The van der Waals surface area contributed by atoms with Crippen molar-refractivity contribution in [2.75, 3.05) is 0 Å². The van der Waals surface area contributed by atoms with E-state index in [2.05, 4.69) is 47.8 Å². The number of alkyl halides is 3. The molecule has 0 radical (unpaired) electrons. The summed E-state index contributed by atoms with van der Waals surface area (Å²) in [5.74, 6) is -3.53. The maximum atomic E-state index is 13.0. The fourth-order valence-corrected chi connectivity index (χ4v) is 2.46. The molecule has 84 valence electrons. The van der Waals surface area contributed by atoms with E-state index in [0.29, 0.717) is 0 Å². The predicted molar refractivity (Wildman–Crippen MR) is 54.5 cm³/mol. The van der Waals surface area contributed by atoms with Crippen LogP contribution in [-0.4, -0.2) is 0 Å². The molecule has 0 aliphatic rings. The van der Waals surface area contributed by atoms with Crippen LogP contribution in [0.1, 0.15) is 5.56 Å². The molecule has 0 atom stereocenters. The Labute approximate surface area is 106 Å². The summed E-state index contributed by atoms with van der Waals surface area (Å²) >= 11 is 7.88. The highest BCUT2D eigenvalue weighted by atomic mass is 79.9. The average molecular weight is 419 g/mol. The highest BCUT2D eigenvalue weighted by Gasteiger charge is 2.40. The van der Waals surface area contributed by atoms with Gasteiger partial charge in [-0.2, -0.15) is 13.2 Å². The molecule has 0 aliphatic carbocycles.